The maximum Gasteiger partial charge on any atom is 0.123 e. The summed E-state index contributed by atoms with van der Waals surface area (Å²) < 4.78 is 4.59. The van der Waals surface area contributed by atoms with Gasteiger partial charge >= 0.3 is 0 Å². The number of nitrogens with zero attached hydrogens (tertiary/aromatic N) is 2. The quantitative estimate of drug-likeness (QED) is 0.357. The highest BCUT2D eigenvalue weighted by molar-refractivity contribution is 6.38. The van der Waals surface area contributed by atoms with Crippen LogP contribution < -0.4 is 5.46 Å². The molecule has 0 unspecified atom stereocenters. The van der Waals surface area contributed by atoms with Crippen LogP contribution in [0.1, 0.15) is 0 Å². The van der Waals surface area contributed by atoms with Gasteiger partial charge in [0.15, 0.2) is 0 Å². The molecule has 0 aliphatic heterocycles. The monoisotopic (exact) mass is 368 g/mol. The van der Waals surface area contributed by atoms with E-state index in [4.69, 9.17) is 7.85 Å². The molecule has 2 aromatic heterocycles. The number of imidazole rings is 1. The maximum atomic E-state index is 6.75. The molecule has 3 heteroatoms. The Labute approximate surface area is 170 Å². The minimum absolute atomic E-state index is 0.784. The van der Waals surface area contributed by atoms with E-state index in [0.29, 0.717) is 0 Å². The van der Waals surface area contributed by atoms with E-state index in [9.17, 15) is 0 Å². The average molecular weight is 368 g/mol. The van der Waals surface area contributed by atoms with Gasteiger partial charge in [0.2, 0.25) is 0 Å². The molecule has 0 fully saturated rings. The second kappa shape index (κ2) is 6.15. The fourth-order valence-corrected chi connectivity index (χ4v) is 4.39. The third kappa shape index (κ3) is 2.31. The highest BCUT2D eigenvalue weighted by atomic mass is 15.1. The first kappa shape index (κ1) is 16.3. The van der Waals surface area contributed by atoms with Crippen LogP contribution in [0.15, 0.2) is 103 Å². The first-order valence-corrected chi connectivity index (χ1v) is 9.77. The van der Waals surface area contributed by atoms with E-state index < -0.39 is 0 Å². The Bertz CT molecular complexity index is 1510. The van der Waals surface area contributed by atoms with Crippen molar-refractivity contribution in [2.45, 2.75) is 0 Å². The van der Waals surface area contributed by atoms with Crippen LogP contribution in [0.2, 0.25) is 0 Å². The van der Waals surface area contributed by atoms with Gasteiger partial charge in [-0.25, -0.2) is 0 Å². The zero-order valence-corrected chi connectivity index (χ0v) is 15.8. The number of hydrogen-bond donors (Lipinski definition) is 0. The average Bonchev–Trinajstić information content (AvgIpc) is 3.29. The molecule has 0 bridgehead atoms. The van der Waals surface area contributed by atoms with E-state index in [0.717, 1.165) is 33.4 Å². The lowest BCUT2D eigenvalue weighted by atomic mass is 9.85. The Kier molecular flexibility index (Phi) is 3.45. The smallest absolute Gasteiger partial charge is 0.123 e. The van der Waals surface area contributed by atoms with E-state index >= 15 is 0 Å². The summed E-state index contributed by atoms with van der Waals surface area (Å²) in [6, 6.07) is 35.8. The van der Waals surface area contributed by atoms with Crippen molar-refractivity contribution in [1.82, 2.24) is 8.97 Å². The van der Waals surface area contributed by atoms with Crippen LogP contribution in [0.25, 0.3) is 44.4 Å². The fourth-order valence-electron chi connectivity index (χ4n) is 4.39. The first-order valence-electron chi connectivity index (χ1n) is 9.77. The van der Waals surface area contributed by atoms with Crippen LogP contribution in [-0.2, 0) is 0 Å². The Morgan fingerprint density at radius 2 is 1.28 bits per heavy atom. The SMILES string of the molecule is [B]c1c(-c2ccccc2)cccc1-n1c2ccccc2n2c3ccccc3cc12. The molecule has 0 saturated heterocycles. The lowest BCUT2D eigenvalue weighted by Gasteiger charge is -2.14. The van der Waals surface area contributed by atoms with E-state index in [1.54, 1.807) is 0 Å². The lowest BCUT2D eigenvalue weighted by molar-refractivity contribution is 1.16. The molecule has 29 heavy (non-hydrogen) atoms. The summed E-state index contributed by atoms with van der Waals surface area (Å²) in [6.07, 6.45) is 0. The van der Waals surface area contributed by atoms with Gasteiger partial charge in [0.25, 0.3) is 0 Å². The van der Waals surface area contributed by atoms with Crippen LogP contribution in [0, 0.1) is 0 Å². The standard InChI is InChI=1S/C26H17BN2/c27-26-20(18-9-2-1-3-10-18)12-8-16-24(26)29-23-15-7-6-14-22(23)28-21-13-5-4-11-19(21)17-25(28)29/h1-17H. The molecule has 0 amide bonds. The molecule has 6 aromatic rings. The molecule has 0 atom stereocenters. The summed E-state index contributed by atoms with van der Waals surface area (Å²) in [5, 5.41) is 1.22. The second-order valence-corrected chi connectivity index (χ2v) is 7.33. The maximum absolute atomic E-state index is 6.75. The van der Waals surface area contributed by atoms with E-state index in [1.807, 2.05) is 18.2 Å². The zero-order valence-electron chi connectivity index (χ0n) is 15.8. The normalized spacial score (nSPS) is 11.6. The van der Waals surface area contributed by atoms with Crippen molar-refractivity contribution in [2.75, 3.05) is 0 Å². The predicted molar refractivity (Wildman–Crippen MR) is 123 cm³/mol. The van der Waals surface area contributed by atoms with Crippen molar-refractivity contribution in [3.05, 3.63) is 103 Å². The van der Waals surface area contributed by atoms with Crippen LogP contribution in [0.3, 0.4) is 0 Å². The summed E-state index contributed by atoms with van der Waals surface area (Å²) >= 11 is 0. The number of hydrogen-bond acceptors (Lipinski definition) is 0. The molecule has 0 aliphatic rings. The highest BCUT2D eigenvalue weighted by Gasteiger charge is 2.17. The molecule has 4 aromatic carbocycles. The van der Waals surface area contributed by atoms with Gasteiger partial charge < -0.3 is 0 Å². The lowest BCUT2D eigenvalue weighted by Crippen LogP contribution is -2.15. The van der Waals surface area contributed by atoms with Gasteiger partial charge in [0.1, 0.15) is 13.5 Å². The predicted octanol–water partition coefficient (Wildman–Crippen LogP) is 5.50. The van der Waals surface area contributed by atoms with E-state index in [2.05, 4.69) is 93.9 Å². The third-order valence-corrected chi connectivity index (χ3v) is 5.69. The number of para-hydroxylation sites is 3. The minimum Gasteiger partial charge on any atom is -0.295 e. The van der Waals surface area contributed by atoms with Gasteiger partial charge in [0, 0.05) is 11.1 Å². The molecule has 0 aliphatic carbocycles. The van der Waals surface area contributed by atoms with Crippen molar-refractivity contribution in [3.63, 3.8) is 0 Å². The number of benzene rings is 4. The Morgan fingerprint density at radius 3 is 2.10 bits per heavy atom. The third-order valence-electron chi connectivity index (χ3n) is 5.69. The van der Waals surface area contributed by atoms with Gasteiger partial charge in [-0.2, -0.15) is 0 Å². The van der Waals surface area contributed by atoms with Crippen LogP contribution in [0.5, 0.6) is 0 Å². The van der Waals surface area contributed by atoms with Crippen molar-refractivity contribution in [3.8, 4) is 16.8 Å². The number of fused-ring (bicyclic) bond motifs is 5. The topological polar surface area (TPSA) is 9.34 Å². The van der Waals surface area contributed by atoms with Gasteiger partial charge in [-0.3, -0.25) is 8.97 Å². The van der Waals surface area contributed by atoms with Crippen LogP contribution >= 0.6 is 0 Å². The molecule has 2 nitrogen and oxygen atoms in total. The Hall–Kier alpha value is -3.72. The molecule has 2 radical (unpaired) electrons. The number of rotatable bonds is 2. The summed E-state index contributed by atoms with van der Waals surface area (Å²) in [4.78, 5) is 0. The van der Waals surface area contributed by atoms with Crippen molar-refractivity contribution in [2.24, 2.45) is 0 Å². The van der Waals surface area contributed by atoms with Crippen molar-refractivity contribution >= 4 is 40.9 Å². The number of aromatic nitrogens is 2. The van der Waals surface area contributed by atoms with Crippen molar-refractivity contribution in [1.29, 1.82) is 0 Å². The molecule has 0 saturated carbocycles. The molecule has 0 N–H and O–H groups in total. The van der Waals surface area contributed by atoms with Gasteiger partial charge in [-0.05, 0) is 41.5 Å². The van der Waals surface area contributed by atoms with Crippen LogP contribution in [0.4, 0.5) is 0 Å². The zero-order chi connectivity index (χ0) is 19.4. The summed E-state index contributed by atoms with van der Waals surface area (Å²) in [6.45, 7) is 0. The second-order valence-electron chi connectivity index (χ2n) is 7.33. The summed E-state index contributed by atoms with van der Waals surface area (Å²) in [5.74, 6) is 0. The molecule has 6 rings (SSSR count). The molecule has 134 valence electrons. The highest BCUT2D eigenvalue weighted by Crippen LogP contribution is 2.31. The fraction of sp³-hybridized carbons (Fsp3) is 0. The summed E-state index contributed by atoms with van der Waals surface area (Å²) in [7, 11) is 6.75. The van der Waals surface area contributed by atoms with Crippen LogP contribution in [-0.4, -0.2) is 16.8 Å². The summed E-state index contributed by atoms with van der Waals surface area (Å²) in [5.41, 5.74) is 8.60. The van der Waals surface area contributed by atoms with E-state index in [-0.39, 0.29) is 0 Å². The first-order chi connectivity index (χ1) is 14.3. The Balaban J connectivity index is 1.74. The van der Waals surface area contributed by atoms with Crippen molar-refractivity contribution < 1.29 is 0 Å². The van der Waals surface area contributed by atoms with Gasteiger partial charge in [-0.15, -0.1) is 0 Å². The molecular formula is C26H17BN2. The minimum atomic E-state index is 0.784. The molecular weight excluding hydrogens is 351 g/mol. The molecule has 2 heterocycles. The van der Waals surface area contributed by atoms with E-state index in [1.165, 1.54) is 16.4 Å². The largest absolute Gasteiger partial charge is 0.295 e. The molecule has 0 spiro atoms. The van der Waals surface area contributed by atoms with Gasteiger partial charge in [-0.1, -0.05) is 78.3 Å². The van der Waals surface area contributed by atoms with Gasteiger partial charge in [0.05, 0.1) is 16.6 Å². The Morgan fingerprint density at radius 1 is 0.586 bits per heavy atom.